The van der Waals surface area contributed by atoms with E-state index in [9.17, 15) is 23.1 Å². The lowest BCUT2D eigenvalue weighted by molar-refractivity contribution is -0.139. The predicted molar refractivity (Wildman–Crippen MR) is 144 cm³/mol. The number of sulfonamides is 1. The minimum Gasteiger partial charge on any atom is -0.494 e. The molecular formula is C27H30N4O6S. The number of amides is 1. The SMILES string of the molecule is O=C(CCCOc1ccc(CC(NS(=O)(=O)c2ccc3ccccc3c2)C(=O)O)cc1)NC1=NCCCN1. The number of aliphatic carboxylic acids is 1. The zero-order chi connectivity index (χ0) is 27.0. The average Bonchev–Trinajstić information content (AvgIpc) is 2.91. The van der Waals surface area contributed by atoms with Crippen LogP contribution in [0, 0.1) is 0 Å². The standard InChI is InChI=1S/C27H30N4O6S/c32-25(30-27-28-14-4-15-29-27)7-3-16-37-22-11-8-19(9-12-22)17-24(26(33)34)31-38(35,36)23-13-10-20-5-1-2-6-21(20)18-23/h1-2,5-6,8-13,18,24,31H,3-4,7,14-17H2,(H,33,34)(H2,28,29,30,32). The number of hydrogen-bond acceptors (Lipinski definition) is 7. The molecule has 1 aliphatic rings. The third-order valence-electron chi connectivity index (χ3n) is 5.96. The Morgan fingerprint density at radius 3 is 2.53 bits per heavy atom. The van der Waals surface area contributed by atoms with E-state index >= 15 is 0 Å². The van der Waals surface area contributed by atoms with Crippen molar-refractivity contribution in [2.24, 2.45) is 4.99 Å². The number of fused-ring (bicyclic) bond motifs is 1. The van der Waals surface area contributed by atoms with Gasteiger partial charge in [-0.25, -0.2) is 8.42 Å². The topological polar surface area (TPSA) is 146 Å². The van der Waals surface area contributed by atoms with Crippen LogP contribution < -0.4 is 20.1 Å². The first-order chi connectivity index (χ1) is 18.3. The van der Waals surface area contributed by atoms with Crippen LogP contribution in [-0.4, -0.2) is 57.1 Å². The van der Waals surface area contributed by atoms with Crippen LogP contribution in [0.15, 0.2) is 76.6 Å². The van der Waals surface area contributed by atoms with Crippen LogP contribution >= 0.6 is 0 Å². The number of guanidine groups is 1. The molecule has 1 unspecified atom stereocenters. The largest absolute Gasteiger partial charge is 0.494 e. The summed E-state index contributed by atoms with van der Waals surface area (Å²) in [7, 11) is -4.06. The maximum Gasteiger partial charge on any atom is 0.322 e. The predicted octanol–water partition coefficient (Wildman–Crippen LogP) is 2.44. The van der Waals surface area contributed by atoms with Crippen LogP contribution in [0.5, 0.6) is 5.75 Å². The number of hydrogen-bond donors (Lipinski definition) is 4. The highest BCUT2D eigenvalue weighted by atomic mass is 32.2. The van der Waals surface area contributed by atoms with Crippen LogP contribution in [0.1, 0.15) is 24.8 Å². The van der Waals surface area contributed by atoms with Gasteiger partial charge in [-0.15, -0.1) is 0 Å². The third kappa shape index (κ3) is 7.53. The second-order valence-corrected chi connectivity index (χ2v) is 10.6. The molecule has 1 atom stereocenters. The van der Waals surface area contributed by atoms with Crippen LogP contribution in [-0.2, 0) is 26.0 Å². The zero-order valence-electron chi connectivity index (χ0n) is 20.7. The Labute approximate surface area is 221 Å². The van der Waals surface area contributed by atoms with Gasteiger partial charge >= 0.3 is 5.97 Å². The van der Waals surface area contributed by atoms with Crippen LogP contribution in [0.4, 0.5) is 0 Å². The Morgan fingerprint density at radius 1 is 1.05 bits per heavy atom. The summed E-state index contributed by atoms with van der Waals surface area (Å²) < 4.78 is 33.8. The zero-order valence-corrected chi connectivity index (χ0v) is 21.5. The first-order valence-electron chi connectivity index (χ1n) is 12.3. The van der Waals surface area contributed by atoms with Gasteiger partial charge < -0.3 is 15.2 Å². The number of nitrogens with zero attached hydrogens (tertiary/aromatic N) is 1. The van der Waals surface area contributed by atoms with Crippen molar-refractivity contribution < 1.29 is 27.9 Å². The van der Waals surface area contributed by atoms with Crippen molar-refractivity contribution in [2.45, 2.75) is 36.6 Å². The first-order valence-corrected chi connectivity index (χ1v) is 13.8. The van der Waals surface area contributed by atoms with Crippen LogP contribution in [0.3, 0.4) is 0 Å². The van der Waals surface area contributed by atoms with Crippen molar-refractivity contribution in [2.75, 3.05) is 19.7 Å². The molecule has 4 N–H and O–H groups in total. The summed E-state index contributed by atoms with van der Waals surface area (Å²) in [6.07, 6.45) is 1.71. The summed E-state index contributed by atoms with van der Waals surface area (Å²) >= 11 is 0. The first kappa shape index (κ1) is 27.1. The van der Waals surface area contributed by atoms with Crippen LogP contribution in [0.2, 0.25) is 0 Å². The van der Waals surface area contributed by atoms with Gasteiger partial charge in [-0.05, 0) is 59.9 Å². The average molecular weight is 539 g/mol. The van der Waals surface area contributed by atoms with Crippen molar-refractivity contribution >= 4 is 38.6 Å². The van der Waals surface area contributed by atoms with E-state index in [1.807, 2.05) is 18.2 Å². The molecule has 1 amide bonds. The molecule has 11 heteroatoms. The van der Waals surface area contributed by atoms with Gasteiger partial charge in [-0.1, -0.05) is 42.5 Å². The van der Waals surface area contributed by atoms with Gasteiger partial charge in [0.1, 0.15) is 11.8 Å². The van der Waals surface area contributed by atoms with Crippen LogP contribution in [0.25, 0.3) is 10.8 Å². The highest BCUT2D eigenvalue weighted by Gasteiger charge is 2.26. The summed E-state index contributed by atoms with van der Waals surface area (Å²) in [6.45, 7) is 1.82. The highest BCUT2D eigenvalue weighted by Crippen LogP contribution is 2.20. The molecule has 200 valence electrons. The molecule has 0 bridgehead atoms. The summed E-state index contributed by atoms with van der Waals surface area (Å²) in [5.41, 5.74) is 0.631. The van der Waals surface area contributed by atoms with E-state index in [1.54, 1.807) is 36.4 Å². The fourth-order valence-corrected chi connectivity index (χ4v) is 5.18. The fourth-order valence-electron chi connectivity index (χ4n) is 3.96. The second-order valence-electron chi connectivity index (χ2n) is 8.88. The number of rotatable bonds is 11. The number of aliphatic imine (C=N–C) groups is 1. The molecule has 1 heterocycles. The molecular weight excluding hydrogens is 508 g/mol. The number of carboxylic acid groups (broad SMARTS) is 1. The minimum absolute atomic E-state index is 0.00266. The summed E-state index contributed by atoms with van der Waals surface area (Å²) in [5, 5.41) is 17.1. The molecule has 0 spiro atoms. The minimum atomic E-state index is -4.06. The molecule has 0 fully saturated rings. The molecule has 3 aromatic carbocycles. The van der Waals surface area contributed by atoms with E-state index in [1.165, 1.54) is 12.1 Å². The van der Waals surface area contributed by atoms with E-state index in [0.717, 1.165) is 23.7 Å². The Morgan fingerprint density at radius 2 is 1.82 bits per heavy atom. The van der Waals surface area contributed by atoms with E-state index in [2.05, 4.69) is 20.3 Å². The molecule has 0 radical (unpaired) electrons. The van der Waals surface area contributed by atoms with E-state index < -0.39 is 22.0 Å². The molecule has 0 aromatic heterocycles. The van der Waals surface area contributed by atoms with Gasteiger partial charge in [-0.3, -0.25) is 19.9 Å². The Balaban J connectivity index is 1.28. The normalized spacial score (nSPS) is 14.3. The molecule has 1 aliphatic heterocycles. The number of carboxylic acids is 1. The Kier molecular flexibility index (Phi) is 8.93. The van der Waals surface area contributed by atoms with E-state index in [-0.39, 0.29) is 23.6 Å². The second kappa shape index (κ2) is 12.5. The van der Waals surface area contributed by atoms with Crippen molar-refractivity contribution in [3.05, 3.63) is 72.3 Å². The molecule has 0 aliphatic carbocycles. The van der Waals surface area contributed by atoms with E-state index in [4.69, 9.17) is 4.74 Å². The lowest BCUT2D eigenvalue weighted by Gasteiger charge is -2.16. The van der Waals surface area contributed by atoms with Crippen molar-refractivity contribution in [1.29, 1.82) is 0 Å². The summed E-state index contributed by atoms with van der Waals surface area (Å²) in [5.74, 6) is -0.335. The molecule has 10 nitrogen and oxygen atoms in total. The van der Waals surface area contributed by atoms with Crippen molar-refractivity contribution in [3.63, 3.8) is 0 Å². The molecule has 0 saturated heterocycles. The van der Waals surface area contributed by atoms with Crippen molar-refractivity contribution in [1.82, 2.24) is 15.4 Å². The van der Waals surface area contributed by atoms with E-state index in [0.29, 0.717) is 36.8 Å². The van der Waals surface area contributed by atoms with Gasteiger partial charge in [0.15, 0.2) is 5.96 Å². The van der Waals surface area contributed by atoms with Gasteiger partial charge in [0, 0.05) is 19.5 Å². The monoisotopic (exact) mass is 538 g/mol. The summed E-state index contributed by atoms with van der Waals surface area (Å²) in [6, 6.07) is 17.4. The quantitative estimate of drug-likeness (QED) is 0.274. The number of ether oxygens (including phenoxy) is 1. The Hall–Kier alpha value is -3.96. The van der Waals surface area contributed by atoms with Gasteiger partial charge in [-0.2, -0.15) is 4.72 Å². The smallest absolute Gasteiger partial charge is 0.322 e. The molecule has 38 heavy (non-hydrogen) atoms. The molecule has 4 rings (SSSR count). The lowest BCUT2D eigenvalue weighted by Crippen LogP contribution is -2.43. The van der Waals surface area contributed by atoms with Gasteiger partial charge in [0.05, 0.1) is 11.5 Å². The summed E-state index contributed by atoms with van der Waals surface area (Å²) in [4.78, 5) is 28.0. The number of benzene rings is 3. The maximum atomic E-state index is 12.9. The van der Waals surface area contributed by atoms with Crippen molar-refractivity contribution in [3.8, 4) is 5.75 Å². The van der Waals surface area contributed by atoms with Gasteiger partial charge in [0.2, 0.25) is 15.9 Å². The molecule has 0 saturated carbocycles. The molecule has 3 aromatic rings. The maximum absolute atomic E-state index is 12.9. The lowest BCUT2D eigenvalue weighted by atomic mass is 10.1. The number of carbonyl (C=O) groups excluding carboxylic acids is 1. The number of carbonyl (C=O) groups is 2. The number of nitrogens with one attached hydrogen (secondary N) is 3. The fraction of sp³-hybridized carbons (Fsp3) is 0.296. The third-order valence-corrected chi connectivity index (χ3v) is 7.43. The van der Waals surface area contributed by atoms with Gasteiger partial charge in [0.25, 0.3) is 0 Å². The Bertz CT molecular complexity index is 1420. The highest BCUT2D eigenvalue weighted by molar-refractivity contribution is 7.89.